The molecule has 0 radical (unpaired) electrons. The van der Waals surface area contributed by atoms with E-state index >= 15 is 0 Å². The molecule has 1 spiro atoms. The van der Waals surface area contributed by atoms with E-state index < -0.39 is 11.9 Å². The van der Waals surface area contributed by atoms with Crippen molar-refractivity contribution in [2.45, 2.75) is 37.8 Å². The van der Waals surface area contributed by atoms with Crippen molar-refractivity contribution in [3.05, 3.63) is 23.4 Å². The Balaban J connectivity index is 1.34. The molecule has 0 aliphatic carbocycles. The summed E-state index contributed by atoms with van der Waals surface area (Å²) in [6.07, 6.45) is 1.81. The minimum atomic E-state index is -0.860. The van der Waals surface area contributed by atoms with Crippen molar-refractivity contribution in [3.8, 4) is 0 Å². The first-order chi connectivity index (χ1) is 13.5. The first-order valence-electron chi connectivity index (χ1n) is 9.28. The minimum absolute atomic E-state index is 0.0334. The number of nitrogens with one attached hydrogen (secondary N) is 1. The van der Waals surface area contributed by atoms with E-state index in [2.05, 4.69) is 20.5 Å². The van der Waals surface area contributed by atoms with Gasteiger partial charge in [0.2, 0.25) is 5.82 Å². The van der Waals surface area contributed by atoms with Crippen LogP contribution in [-0.4, -0.2) is 69.4 Å². The molecule has 1 fully saturated rings. The van der Waals surface area contributed by atoms with Crippen LogP contribution in [0.15, 0.2) is 6.07 Å². The van der Waals surface area contributed by atoms with Crippen LogP contribution in [0.2, 0.25) is 0 Å². The van der Waals surface area contributed by atoms with Gasteiger partial charge in [-0.3, -0.25) is 14.5 Å². The summed E-state index contributed by atoms with van der Waals surface area (Å²) in [5.41, 5.74) is 0.596. The van der Waals surface area contributed by atoms with Crippen molar-refractivity contribution < 1.29 is 19.2 Å². The second kappa shape index (κ2) is 6.03. The third-order valence-electron chi connectivity index (χ3n) is 5.68. The number of rotatable bonds is 2. The SMILES string of the molecule is Cc1cc2n(n1)OC[C@H](NC(=O)c1nc3n(n1)CCC31CCOC1)C(=O)N2C. The normalized spacial score (nSPS) is 26.1. The number of hydrogen-bond acceptors (Lipinski definition) is 7. The maximum Gasteiger partial charge on any atom is 0.291 e. The zero-order valence-corrected chi connectivity index (χ0v) is 15.7. The standard InChI is InChI=1S/C17H21N7O4/c1-10-7-12-22(2)15(26)11(8-28-24(12)20-10)18-14(25)13-19-16-17(4-6-27-9-17)3-5-23(16)21-13/h7,11H,3-6,8-9H2,1-2H3,(H,18,25)/t11-,17?/m0/s1. The van der Waals surface area contributed by atoms with Crippen molar-refractivity contribution in [3.63, 3.8) is 0 Å². The van der Waals surface area contributed by atoms with Gasteiger partial charge in [0, 0.05) is 26.3 Å². The van der Waals surface area contributed by atoms with Crippen molar-refractivity contribution in [2.24, 2.45) is 0 Å². The van der Waals surface area contributed by atoms with Gasteiger partial charge in [0.1, 0.15) is 18.5 Å². The van der Waals surface area contributed by atoms with Crippen LogP contribution < -0.4 is 15.1 Å². The van der Waals surface area contributed by atoms with Gasteiger partial charge in [0.25, 0.3) is 11.8 Å². The fraction of sp³-hybridized carbons (Fsp3) is 0.588. The van der Waals surface area contributed by atoms with Crippen molar-refractivity contribution in [1.29, 1.82) is 0 Å². The molecule has 2 atom stereocenters. The maximum absolute atomic E-state index is 12.8. The van der Waals surface area contributed by atoms with E-state index in [-0.39, 0.29) is 23.8 Å². The third kappa shape index (κ3) is 2.49. The molecular weight excluding hydrogens is 366 g/mol. The molecule has 5 rings (SSSR count). The lowest BCUT2D eigenvalue weighted by molar-refractivity contribution is -0.120. The van der Waals surface area contributed by atoms with Crippen LogP contribution in [0.25, 0.3) is 0 Å². The van der Waals surface area contributed by atoms with Gasteiger partial charge < -0.3 is 14.9 Å². The predicted octanol–water partition coefficient (Wildman–Crippen LogP) is -0.952. The molecule has 3 aliphatic heterocycles. The highest BCUT2D eigenvalue weighted by molar-refractivity contribution is 6.00. The summed E-state index contributed by atoms with van der Waals surface area (Å²) < 4.78 is 7.32. The summed E-state index contributed by atoms with van der Waals surface area (Å²) in [6, 6.07) is 0.883. The average Bonchev–Trinajstić information content (AvgIpc) is 3.43. The number of hydrogen-bond donors (Lipinski definition) is 1. The highest BCUT2D eigenvalue weighted by Crippen LogP contribution is 2.40. The molecule has 11 nitrogen and oxygen atoms in total. The lowest BCUT2D eigenvalue weighted by atomic mass is 9.85. The largest absolute Gasteiger partial charge is 0.392 e. The second-order valence-electron chi connectivity index (χ2n) is 7.55. The monoisotopic (exact) mass is 387 g/mol. The Morgan fingerprint density at radius 2 is 2.21 bits per heavy atom. The number of amides is 2. The van der Waals surface area contributed by atoms with Gasteiger partial charge >= 0.3 is 0 Å². The maximum atomic E-state index is 12.8. The summed E-state index contributed by atoms with van der Waals surface area (Å²) >= 11 is 0. The fourth-order valence-electron chi connectivity index (χ4n) is 4.07. The average molecular weight is 387 g/mol. The molecule has 1 N–H and O–H groups in total. The first kappa shape index (κ1) is 17.2. The highest BCUT2D eigenvalue weighted by Gasteiger charge is 2.46. The molecule has 1 unspecified atom stereocenters. The summed E-state index contributed by atoms with van der Waals surface area (Å²) in [4.78, 5) is 38.2. The number of carbonyl (C=O) groups excluding carboxylic acids is 2. The van der Waals surface area contributed by atoms with Gasteiger partial charge in [-0.2, -0.15) is 0 Å². The zero-order chi connectivity index (χ0) is 19.5. The van der Waals surface area contributed by atoms with E-state index in [4.69, 9.17) is 9.57 Å². The van der Waals surface area contributed by atoms with E-state index in [1.54, 1.807) is 17.8 Å². The van der Waals surface area contributed by atoms with Gasteiger partial charge in [-0.15, -0.1) is 10.2 Å². The molecule has 2 aromatic rings. The smallest absolute Gasteiger partial charge is 0.291 e. The Labute approximate surface area is 160 Å². The van der Waals surface area contributed by atoms with Crippen LogP contribution in [0.4, 0.5) is 5.82 Å². The fourth-order valence-corrected chi connectivity index (χ4v) is 4.07. The Hall–Kier alpha value is -2.95. The molecule has 0 saturated carbocycles. The third-order valence-corrected chi connectivity index (χ3v) is 5.68. The van der Waals surface area contributed by atoms with Gasteiger partial charge in [-0.1, -0.05) is 4.85 Å². The highest BCUT2D eigenvalue weighted by atomic mass is 16.7. The van der Waals surface area contributed by atoms with Crippen molar-refractivity contribution in [2.75, 3.05) is 31.8 Å². The van der Waals surface area contributed by atoms with Gasteiger partial charge in [-0.25, -0.2) is 9.67 Å². The lowest BCUT2D eigenvalue weighted by Crippen LogP contribution is -2.49. The molecule has 3 aliphatic rings. The van der Waals surface area contributed by atoms with Crippen LogP contribution in [0.3, 0.4) is 0 Å². The second-order valence-corrected chi connectivity index (χ2v) is 7.55. The van der Waals surface area contributed by atoms with Crippen LogP contribution in [0.5, 0.6) is 0 Å². The van der Waals surface area contributed by atoms with Gasteiger partial charge in [0.15, 0.2) is 5.82 Å². The Morgan fingerprint density at radius 3 is 3.00 bits per heavy atom. The quantitative estimate of drug-likeness (QED) is 0.706. The number of aryl methyl sites for hydroxylation is 2. The molecule has 28 heavy (non-hydrogen) atoms. The summed E-state index contributed by atoms with van der Waals surface area (Å²) in [5, 5.41) is 11.2. The summed E-state index contributed by atoms with van der Waals surface area (Å²) in [7, 11) is 1.62. The molecule has 2 amide bonds. The van der Waals surface area contributed by atoms with Crippen LogP contribution in [-0.2, 0) is 21.5 Å². The zero-order valence-electron chi connectivity index (χ0n) is 15.7. The van der Waals surface area contributed by atoms with E-state index in [1.165, 1.54) is 9.75 Å². The molecule has 0 bridgehead atoms. The molecule has 2 aromatic heterocycles. The Morgan fingerprint density at radius 1 is 1.36 bits per heavy atom. The van der Waals surface area contributed by atoms with Crippen LogP contribution in [0, 0.1) is 6.92 Å². The summed E-state index contributed by atoms with van der Waals surface area (Å²) in [6.45, 7) is 3.80. The lowest BCUT2D eigenvalue weighted by Gasteiger charge is -2.18. The number of anilines is 1. The number of fused-ring (bicyclic) bond motifs is 3. The minimum Gasteiger partial charge on any atom is -0.392 e. The Kier molecular flexibility index (Phi) is 3.69. The number of ether oxygens (including phenoxy) is 1. The molecular formula is C17H21N7O4. The summed E-state index contributed by atoms with van der Waals surface area (Å²) in [5.74, 6) is 0.587. The van der Waals surface area contributed by atoms with E-state index in [1.807, 2.05) is 6.92 Å². The van der Waals surface area contributed by atoms with Crippen molar-refractivity contribution >= 4 is 17.6 Å². The molecule has 1 saturated heterocycles. The van der Waals surface area contributed by atoms with Crippen molar-refractivity contribution in [1.82, 2.24) is 30.0 Å². The number of carbonyl (C=O) groups is 2. The van der Waals surface area contributed by atoms with Gasteiger partial charge in [-0.05, 0) is 19.8 Å². The van der Waals surface area contributed by atoms with Crippen LogP contribution in [0.1, 0.15) is 35.0 Å². The predicted molar refractivity (Wildman–Crippen MR) is 94.8 cm³/mol. The molecule has 148 valence electrons. The number of nitrogens with zero attached hydrogens (tertiary/aromatic N) is 6. The Bertz CT molecular complexity index is 959. The molecule has 11 heteroatoms. The van der Waals surface area contributed by atoms with Gasteiger partial charge in [0.05, 0.1) is 17.7 Å². The van der Waals surface area contributed by atoms with E-state index in [9.17, 15) is 9.59 Å². The van der Waals surface area contributed by atoms with E-state index in [0.29, 0.717) is 25.6 Å². The first-order valence-corrected chi connectivity index (χ1v) is 9.28. The topological polar surface area (TPSA) is 116 Å². The number of aromatic nitrogens is 5. The molecule has 5 heterocycles. The van der Waals surface area contributed by atoms with E-state index in [0.717, 1.165) is 24.4 Å². The van der Waals surface area contributed by atoms with Crippen LogP contribution >= 0.6 is 0 Å². The number of likely N-dealkylation sites (N-methyl/N-ethyl adjacent to an activating group) is 1. The molecule has 0 aromatic carbocycles.